The van der Waals surface area contributed by atoms with Gasteiger partial charge in [-0.05, 0) is 36.4 Å². The van der Waals surface area contributed by atoms with Gasteiger partial charge in [0, 0.05) is 35.1 Å². The highest BCUT2D eigenvalue weighted by atomic mass is 35.5. The second-order valence-electron chi connectivity index (χ2n) is 7.40. The van der Waals surface area contributed by atoms with Gasteiger partial charge in [0.2, 0.25) is 11.7 Å². The highest BCUT2D eigenvalue weighted by Gasteiger charge is 2.45. The van der Waals surface area contributed by atoms with Gasteiger partial charge in [0.15, 0.2) is 0 Å². The Morgan fingerprint density at radius 3 is 2.78 bits per heavy atom. The summed E-state index contributed by atoms with van der Waals surface area (Å²) in [4.78, 5) is 15.6. The lowest BCUT2D eigenvalue weighted by atomic mass is 10.1. The van der Waals surface area contributed by atoms with E-state index in [1.54, 1.807) is 55.8 Å². The SMILES string of the molecule is CCC(=O)Nc1ccc(OCC2COC(Cn3ccnc3)(c3ccc(Cl)cc3Cl)O2)cc1. The first kappa shape index (κ1) is 22.6. The van der Waals surface area contributed by atoms with Gasteiger partial charge in [0.25, 0.3) is 0 Å². The van der Waals surface area contributed by atoms with Crippen LogP contribution >= 0.6 is 23.2 Å². The van der Waals surface area contributed by atoms with Crippen LogP contribution in [-0.4, -0.2) is 34.8 Å². The van der Waals surface area contributed by atoms with Gasteiger partial charge in [0.1, 0.15) is 18.5 Å². The van der Waals surface area contributed by atoms with Crippen LogP contribution in [-0.2, 0) is 26.6 Å². The molecule has 2 unspecified atom stereocenters. The Morgan fingerprint density at radius 2 is 2.09 bits per heavy atom. The summed E-state index contributed by atoms with van der Waals surface area (Å²) < 4.78 is 20.3. The summed E-state index contributed by atoms with van der Waals surface area (Å²) >= 11 is 12.6. The van der Waals surface area contributed by atoms with Gasteiger partial charge < -0.3 is 24.1 Å². The number of hydrogen-bond donors (Lipinski definition) is 1. The molecule has 0 spiro atoms. The predicted octanol–water partition coefficient (Wildman–Crippen LogP) is 4.89. The summed E-state index contributed by atoms with van der Waals surface area (Å²) in [7, 11) is 0. The highest BCUT2D eigenvalue weighted by Crippen LogP contribution is 2.40. The first-order valence-corrected chi connectivity index (χ1v) is 11.0. The van der Waals surface area contributed by atoms with E-state index in [4.69, 9.17) is 37.4 Å². The summed E-state index contributed by atoms with van der Waals surface area (Å²) in [6, 6.07) is 12.4. The molecule has 1 N–H and O–H groups in total. The van der Waals surface area contributed by atoms with Crippen molar-refractivity contribution in [2.75, 3.05) is 18.5 Å². The number of amides is 1. The molecule has 1 amide bonds. The van der Waals surface area contributed by atoms with Crippen LogP contribution in [0.2, 0.25) is 10.0 Å². The molecule has 0 aliphatic carbocycles. The number of benzene rings is 2. The zero-order valence-electron chi connectivity index (χ0n) is 17.5. The van der Waals surface area contributed by atoms with Crippen LogP contribution in [0.25, 0.3) is 0 Å². The maximum Gasteiger partial charge on any atom is 0.224 e. The average molecular weight is 476 g/mol. The molecule has 168 valence electrons. The van der Waals surface area contributed by atoms with E-state index in [0.29, 0.717) is 40.9 Å². The van der Waals surface area contributed by atoms with Crippen molar-refractivity contribution in [3.63, 3.8) is 0 Å². The molecule has 2 aromatic carbocycles. The molecule has 2 heterocycles. The molecule has 0 bridgehead atoms. The lowest BCUT2D eigenvalue weighted by molar-refractivity contribution is -0.189. The zero-order valence-corrected chi connectivity index (χ0v) is 19.0. The van der Waals surface area contributed by atoms with Crippen LogP contribution in [0, 0.1) is 0 Å². The van der Waals surface area contributed by atoms with E-state index in [0.717, 1.165) is 5.69 Å². The molecule has 4 rings (SSSR count). The summed E-state index contributed by atoms with van der Waals surface area (Å²) in [5, 5.41) is 3.80. The van der Waals surface area contributed by atoms with Crippen molar-refractivity contribution in [2.45, 2.75) is 31.8 Å². The molecule has 1 aliphatic rings. The Morgan fingerprint density at radius 1 is 1.28 bits per heavy atom. The molecule has 3 aromatic rings. The molecule has 1 aromatic heterocycles. The van der Waals surface area contributed by atoms with Crippen molar-refractivity contribution in [3.05, 3.63) is 76.8 Å². The maximum atomic E-state index is 11.5. The van der Waals surface area contributed by atoms with E-state index >= 15 is 0 Å². The molecule has 9 heteroatoms. The molecule has 7 nitrogen and oxygen atoms in total. The van der Waals surface area contributed by atoms with Crippen LogP contribution in [0.4, 0.5) is 5.69 Å². The zero-order chi connectivity index (χ0) is 22.6. The Balaban J connectivity index is 1.45. The fraction of sp³-hybridized carbons (Fsp3) is 0.304. The standard InChI is InChI=1S/C23H23Cl2N3O4/c1-2-22(29)27-17-4-6-18(7-5-17)30-12-19-13-31-23(32-19,14-28-10-9-26-15-28)20-8-3-16(24)11-21(20)25/h3-11,15,19H,2,12-14H2,1H3,(H,27,29). The molecule has 1 fully saturated rings. The third-order valence-electron chi connectivity index (χ3n) is 5.05. The van der Waals surface area contributed by atoms with Crippen LogP contribution in [0.15, 0.2) is 61.2 Å². The van der Waals surface area contributed by atoms with Gasteiger partial charge in [-0.3, -0.25) is 4.79 Å². The highest BCUT2D eigenvalue weighted by molar-refractivity contribution is 6.35. The number of imidazole rings is 1. The van der Waals surface area contributed by atoms with Crippen molar-refractivity contribution in [1.29, 1.82) is 0 Å². The number of aromatic nitrogens is 2. The van der Waals surface area contributed by atoms with Gasteiger partial charge in [-0.15, -0.1) is 0 Å². The topological polar surface area (TPSA) is 74.6 Å². The maximum absolute atomic E-state index is 11.5. The first-order valence-electron chi connectivity index (χ1n) is 10.2. The van der Waals surface area contributed by atoms with Crippen LogP contribution in [0.5, 0.6) is 5.75 Å². The average Bonchev–Trinajstić information content (AvgIpc) is 3.44. The van der Waals surface area contributed by atoms with E-state index in [9.17, 15) is 4.79 Å². The normalized spacial score (nSPS) is 20.3. The predicted molar refractivity (Wildman–Crippen MR) is 122 cm³/mol. The Kier molecular flexibility index (Phi) is 7.01. The second-order valence-corrected chi connectivity index (χ2v) is 8.24. The molecule has 0 radical (unpaired) electrons. The van der Waals surface area contributed by atoms with Crippen LogP contribution in [0.3, 0.4) is 0 Å². The van der Waals surface area contributed by atoms with Crippen molar-refractivity contribution in [2.24, 2.45) is 0 Å². The van der Waals surface area contributed by atoms with Gasteiger partial charge in [-0.1, -0.05) is 36.2 Å². The van der Waals surface area contributed by atoms with Gasteiger partial charge in [-0.2, -0.15) is 0 Å². The minimum absolute atomic E-state index is 0.0368. The lowest BCUT2D eigenvalue weighted by Crippen LogP contribution is -2.34. The molecular formula is C23H23Cl2N3O4. The van der Waals surface area contributed by atoms with E-state index in [1.807, 2.05) is 16.8 Å². The number of carbonyl (C=O) groups excluding carboxylic acids is 1. The molecule has 0 saturated carbocycles. The second kappa shape index (κ2) is 9.92. The van der Waals surface area contributed by atoms with E-state index in [2.05, 4.69) is 10.3 Å². The molecule has 1 aliphatic heterocycles. The number of rotatable bonds is 8. The summed E-state index contributed by atoms with van der Waals surface area (Å²) in [6.45, 7) is 2.80. The third-order valence-corrected chi connectivity index (χ3v) is 5.59. The number of nitrogens with zero attached hydrogens (tertiary/aromatic N) is 2. The van der Waals surface area contributed by atoms with Crippen molar-refractivity contribution in [1.82, 2.24) is 9.55 Å². The molecule has 2 atom stereocenters. The Hall–Kier alpha value is -2.58. The molecule has 1 saturated heterocycles. The van der Waals surface area contributed by atoms with Crippen molar-refractivity contribution in [3.8, 4) is 5.75 Å². The van der Waals surface area contributed by atoms with Gasteiger partial charge >= 0.3 is 0 Å². The number of ether oxygens (including phenoxy) is 3. The van der Waals surface area contributed by atoms with E-state index in [1.165, 1.54) is 0 Å². The minimum Gasteiger partial charge on any atom is -0.491 e. The van der Waals surface area contributed by atoms with Crippen LogP contribution < -0.4 is 10.1 Å². The smallest absolute Gasteiger partial charge is 0.224 e. The van der Waals surface area contributed by atoms with E-state index < -0.39 is 5.79 Å². The van der Waals surface area contributed by atoms with Gasteiger partial charge in [0.05, 0.1) is 24.5 Å². The summed E-state index contributed by atoms with van der Waals surface area (Å²) in [5.41, 5.74) is 1.41. The van der Waals surface area contributed by atoms with E-state index in [-0.39, 0.29) is 18.6 Å². The quantitative estimate of drug-likeness (QED) is 0.502. The number of nitrogens with one attached hydrogen (secondary N) is 1. The minimum atomic E-state index is -1.09. The molecular weight excluding hydrogens is 453 g/mol. The van der Waals surface area contributed by atoms with Gasteiger partial charge in [-0.25, -0.2) is 4.98 Å². The largest absolute Gasteiger partial charge is 0.491 e. The third kappa shape index (κ3) is 5.24. The Bertz CT molecular complexity index is 1060. The first-order chi connectivity index (χ1) is 15.5. The lowest BCUT2D eigenvalue weighted by Gasteiger charge is -2.30. The Labute approximate surface area is 196 Å². The van der Waals surface area contributed by atoms with Crippen LogP contribution in [0.1, 0.15) is 18.9 Å². The number of anilines is 1. The molecule has 32 heavy (non-hydrogen) atoms. The number of halogens is 2. The van der Waals surface area contributed by atoms with Crippen molar-refractivity contribution < 1.29 is 19.0 Å². The summed E-state index contributed by atoms with van der Waals surface area (Å²) in [6.07, 6.45) is 5.33. The number of carbonyl (C=O) groups is 1. The van der Waals surface area contributed by atoms with Crippen molar-refractivity contribution >= 4 is 34.8 Å². The monoisotopic (exact) mass is 475 g/mol. The number of hydrogen-bond acceptors (Lipinski definition) is 5. The summed E-state index contributed by atoms with van der Waals surface area (Å²) in [5.74, 6) is -0.463. The fourth-order valence-electron chi connectivity index (χ4n) is 3.45. The fourth-order valence-corrected chi connectivity index (χ4v) is 4.00.